The van der Waals surface area contributed by atoms with Crippen molar-refractivity contribution in [2.45, 2.75) is 6.92 Å². The molecule has 3 aromatic rings. The molecule has 0 aliphatic rings. The number of carbonyl (C=O) groups is 2. The van der Waals surface area contributed by atoms with Gasteiger partial charge in [-0.1, -0.05) is 24.3 Å². The van der Waals surface area contributed by atoms with E-state index in [-0.39, 0.29) is 11.6 Å². The van der Waals surface area contributed by atoms with Crippen LogP contribution in [-0.4, -0.2) is 30.6 Å². The minimum absolute atomic E-state index is 0.253. The molecule has 2 N–H and O–H groups in total. The second-order valence-electron chi connectivity index (χ2n) is 5.98. The van der Waals surface area contributed by atoms with Crippen molar-refractivity contribution in [3.63, 3.8) is 0 Å². The summed E-state index contributed by atoms with van der Waals surface area (Å²) in [6, 6.07) is 17.5. The maximum Gasteiger partial charge on any atom is 0.339 e. The minimum Gasteiger partial charge on any atom is -0.492 e. The number of benzene rings is 2. The number of hydrogen-bond acceptors (Lipinski definition) is 6. The first-order valence-electron chi connectivity index (χ1n) is 9.06. The van der Waals surface area contributed by atoms with Crippen LogP contribution in [0, 0.1) is 0 Å². The highest BCUT2D eigenvalue weighted by Crippen LogP contribution is 2.25. The van der Waals surface area contributed by atoms with Crippen molar-refractivity contribution in [1.82, 2.24) is 4.98 Å². The smallest absolute Gasteiger partial charge is 0.339 e. The molecule has 0 aliphatic carbocycles. The number of para-hydroxylation sites is 3. The van der Waals surface area contributed by atoms with Crippen LogP contribution >= 0.6 is 0 Å². The van der Waals surface area contributed by atoms with E-state index in [0.29, 0.717) is 35.0 Å². The lowest BCUT2D eigenvalue weighted by Crippen LogP contribution is -2.14. The Morgan fingerprint density at radius 3 is 2.38 bits per heavy atom. The Bertz CT molecular complexity index is 1000. The summed E-state index contributed by atoms with van der Waals surface area (Å²) in [5, 5.41) is 5.92. The highest BCUT2D eigenvalue weighted by Gasteiger charge is 2.13. The number of hydrogen-bond donors (Lipinski definition) is 2. The Morgan fingerprint density at radius 2 is 1.69 bits per heavy atom. The van der Waals surface area contributed by atoms with E-state index in [1.807, 2.05) is 19.1 Å². The second-order valence-corrected chi connectivity index (χ2v) is 5.98. The molecule has 7 heteroatoms. The Morgan fingerprint density at radius 1 is 0.966 bits per heavy atom. The normalized spacial score (nSPS) is 10.1. The number of carbonyl (C=O) groups excluding carboxylic acids is 2. The van der Waals surface area contributed by atoms with E-state index in [1.165, 1.54) is 13.3 Å². The largest absolute Gasteiger partial charge is 0.492 e. The Hall–Kier alpha value is -3.87. The molecule has 7 nitrogen and oxygen atoms in total. The molecule has 29 heavy (non-hydrogen) atoms. The monoisotopic (exact) mass is 391 g/mol. The highest BCUT2D eigenvalue weighted by molar-refractivity contribution is 6.03. The van der Waals surface area contributed by atoms with Crippen LogP contribution < -0.4 is 15.4 Å². The number of ether oxygens (including phenoxy) is 2. The van der Waals surface area contributed by atoms with Gasteiger partial charge in [0.25, 0.3) is 5.91 Å². The van der Waals surface area contributed by atoms with Gasteiger partial charge in [0.05, 0.1) is 42.5 Å². The van der Waals surface area contributed by atoms with Crippen LogP contribution in [0.4, 0.5) is 17.1 Å². The van der Waals surface area contributed by atoms with Gasteiger partial charge in [-0.3, -0.25) is 4.79 Å². The van der Waals surface area contributed by atoms with Crippen LogP contribution in [-0.2, 0) is 4.74 Å². The average Bonchev–Trinajstić information content (AvgIpc) is 2.75. The van der Waals surface area contributed by atoms with Crippen LogP contribution in [0.3, 0.4) is 0 Å². The minimum atomic E-state index is -0.440. The summed E-state index contributed by atoms with van der Waals surface area (Å²) in [6.45, 7) is 2.38. The van der Waals surface area contributed by atoms with Gasteiger partial charge in [0.15, 0.2) is 0 Å². The van der Waals surface area contributed by atoms with Gasteiger partial charge in [0, 0.05) is 0 Å². The summed E-state index contributed by atoms with van der Waals surface area (Å²) in [4.78, 5) is 28.6. The third-order valence-electron chi connectivity index (χ3n) is 4.04. The Labute approximate surface area is 168 Å². The predicted molar refractivity (Wildman–Crippen MR) is 111 cm³/mol. The van der Waals surface area contributed by atoms with Gasteiger partial charge in [0.2, 0.25) is 0 Å². The molecule has 148 valence electrons. The summed E-state index contributed by atoms with van der Waals surface area (Å²) in [6.07, 6.45) is 1.53. The number of anilines is 3. The molecule has 0 saturated carbocycles. The topological polar surface area (TPSA) is 89.6 Å². The Balaban J connectivity index is 1.73. The maximum atomic E-state index is 12.5. The number of methoxy groups -OCH3 is 1. The van der Waals surface area contributed by atoms with Crippen molar-refractivity contribution in [3.8, 4) is 5.75 Å². The molecule has 0 aliphatic heterocycles. The number of pyridine rings is 1. The summed E-state index contributed by atoms with van der Waals surface area (Å²) in [5.74, 6) is -0.190. The average molecular weight is 391 g/mol. The van der Waals surface area contributed by atoms with Crippen LogP contribution in [0.15, 0.2) is 66.9 Å². The number of aromatic nitrogens is 1. The van der Waals surface area contributed by atoms with E-state index in [2.05, 4.69) is 15.6 Å². The molecule has 0 fully saturated rings. The fourth-order valence-electron chi connectivity index (χ4n) is 2.68. The fourth-order valence-corrected chi connectivity index (χ4v) is 2.68. The lowest BCUT2D eigenvalue weighted by atomic mass is 10.1. The molecule has 2 aromatic carbocycles. The van der Waals surface area contributed by atoms with E-state index in [0.717, 1.165) is 0 Å². The zero-order chi connectivity index (χ0) is 20.6. The Kier molecular flexibility index (Phi) is 6.42. The van der Waals surface area contributed by atoms with Crippen LogP contribution in [0.25, 0.3) is 0 Å². The maximum absolute atomic E-state index is 12.5. The standard InChI is InChI=1S/C22H21N3O4/c1-3-29-20-11-7-6-10-18(20)25-21(26)19-13-12-15(14-23-19)24-17-9-5-4-8-16(17)22(27)28-2/h4-14,24H,3H2,1-2H3,(H,25,26). The summed E-state index contributed by atoms with van der Waals surface area (Å²) in [7, 11) is 1.33. The van der Waals surface area contributed by atoms with E-state index in [9.17, 15) is 9.59 Å². The zero-order valence-electron chi connectivity index (χ0n) is 16.1. The molecule has 1 amide bonds. The molecule has 1 heterocycles. The first-order valence-corrected chi connectivity index (χ1v) is 9.06. The highest BCUT2D eigenvalue weighted by atomic mass is 16.5. The number of nitrogens with zero attached hydrogens (tertiary/aromatic N) is 1. The molecule has 0 atom stereocenters. The fraction of sp³-hybridized carbons (Fsp3) is 0.136. The van der Waals surface area contributed by atoms with Crippen molar-refractivity contribution in [3.05, 3.63) is 78.1 Å². The van der Waals surface area contributed by atoms with E-state index >= 15 is 0 Å². The first-order chi connectivity index (χ1) is 14.1. The molecule has 0 saturated heterocycles. The predicted octanol–water partition coefficient (Wildman–Crippen LogP) is 4.26. The second kappa shape index (κ2) is 9.36. The van der Waals surface area contributed by atoms with Gasteiger partial charge in [-0.25, -0.2) is 9.78 Å². The van der Waals surface area contributed by atoms with Crippen LogP contribution in [0.1, 0.15) is 27.8 Å². The van der Waals surface area contributed by atoms with Crippen molar-refractivity contribution in [2.24, 2.45) is 0 Å². The van der Waals surface area contributed by atoms with Gasteiger partial charge >= 0.3 is 5.97 Å². The van der Waals surface area contributed by atoms with Crippen LogP contribution in [0.2, 0.25) is 0 Å². The molecular weight excluding hydrogens is 370 g/mol. The van der Waals surface area contributed by atoms with Gasteiger partial charge in [0.1, 0.15) is 11.4 Å². The number of amides is 1. The number of nitrogens with one attached hydrogen (secondary N) is 2. The van der Waals surface area contributed by atoms with Gasteiger partial charge < -0.3 is 20.1 Å². The van der Waals surface area contributed by atoms with Gasteiger partial charge in [-0.15, -0.1) is 0 Å². The third kappa shape index (κ3) is 4.90. The first kappa shape index (κ1) is 19.9. The van der Waals surface area contributed by atoms with Gasteiger partial charge in [-0.2, -0.15) is 0 Å². The van der Waals surface area contributed by atoms with E-state index in [4.69, 9.17) is 9.47 Å². The van der Waals surface area contributed by atoms with Crippen molar-refractivity contribution in [1.29, 1.82) is 0 Å². The number of esters is 1. The van der Waals surface area contributed by atoms with Crippen molar-refractivity contribution in [2.75, 3.05) is 24.4 Å². The summed E-state index contributed by atoms with van der Waals surface area (Å²) < 4.78 is 10.3. The van der Waals surface area contributed by atoms with E-state index < -0.39 is 5.97 Å². The number of rotatable bonds is 7. The molecule has 3 rings (SSSR count). The molecule has 1 aromatic heterocycles. The quantitative estimate of drug-likeness (QED) is 0.585. The van der Waals surface area contributed by atoms with Crippen molar-refractivity contribution < 1.29 is 19.1 Å². The summed E-state index contributed by atoms with van der Waals surface area (Å²) >= 11 is 0. The molecule has 0 unspecified atom stereocenters. The molecule has 0 spiro atoms. The lowest BCUT2D eigenvalue weighted by molar-refractivity contribution is 0.0601. The molecular formula is C22H21N3O4. The SMILES string of the molecule is CCOc1ccccc1NC(=O)c1ccc(Nc2ccccc2C(=O)OC)cn1. The molecule has 0 bridgehead atoms. The molecule has 0 radical (unpaired) electrons. The van der Waals surface area contributed by atoms with Crippen LogP contribution in [0.5, 0.6) is 5.75 Å². The lowest BCUT2D eigenvalue weighted by Gasteiger charge is -2.12. The van der Waals surface area contributed by atoms with Crippen molar-refractivity contribution >= 4 is 28.9 Å². The third-order valence-corrected chi connectivity index (χ3v) is 4.04. The van der Waals surface area contributed by atoms with Gasteiger partial charge in [-0.05, 0) is 43.3 Å². The summed E-state index contributed by atoms with van der Waals surface area (Å²) in [5.41, 5.74) is 2.46. The zero-order valence-corrected chi connectivity index (χ0v) is 16.1. The van der Waals surface area contributed by atoms with E-state index in [1.54, 1.807) is 48.5 Å².